The van der Waals surface area contributed by atoms with E-state index in [-0.39, 0.29) is 29.0 Å². The molecule has 10 heteroatoms. The van der Waals surface area contributed by atoms with Gasteiger partial charge in [0.05, 0.1) is 23.0 Å². The summed E-state index contributed by atoms with van der Waals surface area (Å²) in [7, 11) is 0. The van der Waals surface area contributed by atoms with Gasteiger partial charge in [0.15, 0.2) is 6.61 Å². The number of carbonyl (C=O) groups excluding carboxylic acids is 3. The molecule has 180 valence electrons. The van der Waals surface area contributed by atoms with Crippen molar-refractivity contribution in [2.75, 3.05) is 44.3 Å². The maximum atomic E-state index is 12.5. The summed E-state index contributed by atoms with van der Waals surface area (Å²) in [5.74, 6) is -1.18. The van der Waals surface area contributed by atoms with Crippen LogP contribution in [0.2, 0.25) is 0 Å². The first-order valence-electron chi connectivity index (χ1n) is 11.4. The molecule has 33 heavy (non-hydrogen) atoms. The molecule has 1 unspecified atom stereocenters. The Labute approximate surface area is 193 Å². The number of anilines is 1. The summed E-state index contributed by atoms with van der Waals surface area (Å²) < 4.78 is 10.2. The molecule has 0 bridgehead atoms. The van der Waals surface area contributed by atoms with Gasteiger partial charge < -0.3 is 19.3 Å². The molecule has 0 spiro atoms. The highest BCUT2D eigenvalue weighted by molar-refractivity contribution is 5.93. The van der Waals surface area contributed by atoms with Crippen molar-refractivity contribution in [3.8, 4) is 0 Å². The molecule has 0 aliphatic carbocycles. The van der Waals surface area contributed by atoms with Crippen LogP contribution in [0.5, 0.6) is 0 Å². The molecular formula is C23H31N3O7. The van der Waals surface area contributed by atoms with Gasteiger partial charge in [-0.3, -0.25) is 19.7 Å². The van der Waals surface area contributed by atoms with E-state index in [1.807, 2.05) is 4.90 Å². The second kappa shape index (κ2) is 11.1. The largest absolute Gasteiger partial charge is 0.466 e. The summed E-state index contributed by atoms with van der Waals surface area (Å²) in [5.41, 5.74) is 0.374. The van der Waals surface area contributed by atoms with Gasteiger partial charge in [-0.25, -0.2) is 4.79 Å². The minimum Gasteiger partial charge on any atom is -0.466 e. The average molecular weight is 462 g/mol. The molecule has 2 heterocycles. The first-order chi connectivity index (χ1) is 15.8. The molecule has 2 fully saturated rings. The number of benzene rings is 1. The van der Waals surface area contributed by atoms with Crippen LogP contribution in [0.1, 0.15) is 49.9 Å². The van der Waals surface area contributed by atoms with Crippen molar-refractivity contribution in [2.45, 2.75) is 39.5 Å². The molecule has 0 N–H and O–H groups in total. The van der Waals surface area contributed by atoms with Crippen molar-refractivity contribution in [3.05, 3.63) is 33.9 Å². The van der Waals surface area contributed by atoms with Crippen molar-refractivity contribution in [3.63, 3.8) is 0 Å². The molecule has 10 nitrogen and oxygen atoms in total. The SMILES string of the molecule is CCOC(=O)C1CCN(C(=O)COC(=O)c2ccc(N3CCCC(C)C3)c([N+](=O)[O-])c2)CC1. The number of ether oxygens (including phenoxy) is 2. The van der Waals surface area contributed by atoms with Crippen LogP contribution in [-0.2, 0) is 19.1 Å². The molecule has 3 rings (SSSR count). The zero-order chi connectivity index (χ0) is 24.0. The Morgan fingerprint density at radius 2 is 1.85 bits per heavy atom. The highest BCUT2D eigenvalue weighted by atomic mass is 16.6. The number of hydrogen-bond donors (Lipinski definition) is 0. The Kier molecular flexibility index (Phi) is 8.24. The number of rotatable bonds is 7. The van der Waals surface area contributed by atoms with E-state index in [2.05, 4.69) is 6.92 Å². The summed E-state index contributed by atoms with van der Waals surface area (Å²) in [6.45, 7) is 5.96. The van der Waals surface area contributed by atoms with E-state index in [1.165, 1.54) is 12.1 Å². The summed E-state index contributed by atoms with van der Waals surface area (Å²) >= 11 is 0. The lowest BCUT2D eigenvalue weighted by Gasteiger charge is -2.32. The monoisotopic (exact) mass is 461 g/mol. The van der Waals surface area contributed by atoms with Crippen LogP contribution < -0.4 is 4.90 Å². The number of nitrogens with zero attached hydrogens (tertiary/aromatic N) is 3. The minimum atomic E-state index is -0.786. The van der Waals surface area contributed by atoms with Gasteiger partial charge in [-0.15, -0.1) is 0 Å². The Morgan fingerprint density at radius 3 is 2.48 bits per heavy atom. The zero-order valence-corrected chi connectivity index (χ0v) is 19.2. The van der Waals surface area contributed by atoms with E-state index in [9.17, 15) is 24.5 Å². The van der Waals surface area contributed by atoms with Crippen LogP contribution in [0, 0.1) is 22.0 Å². The lowest BCUT2D eigenvalue weighted by molar-refractivity contribution is -0.384. The van der Waals surface area contributed by atoms with Crippen molar-refractivity contribution >= 4 is 29.2 Å². The van der Waals surface area contributed by atoms with Crippen molar-refractivity contribution < 1.29 is 28.8 Å². The Morgan fingerprint density at radius 1 is 1.12 bits per heavy atom. The van der Waals surface area contributed by atoms with Crippen molar-refractivity contribution in [2.24, 2.45) is 11.8 Å². The van der Waals surface area contributed by atoms with Gasteiger partial charge in [0, 0.05) is 32.2 Å². The highest BCUT2D eigenvalue weighted by Crippen LogP contribution is 2.32. The fraction of sp³-hybridized carbons (Fsp3) is 0.609. The third-order valence-corrected chi connectivity index (χ3v) is 6.20. The van der Waals surface area contributed by atoms with Crippen LogP contribution in [0.3, 0.4) is 0 Å². The number of nitro benzene ring substituents is 1. The van der Waals surface area contributed by atoms with E-state index in [4.69, 9.17) is 9.47 Å². The molecule has 2 saturated heterocycles. The van der Waals surface area contributed by atoms with Crippen LogP contribution in [0.15, 0.2) is 18.2 Å². The molecule has 0 saturated carbocycles. The van der Waals surface area contributed by atoms with Gasteiger partial charge in [-0.2, -0.15) is 0 Å². The van der Waals surface area contributed by atoms with Crippen LogP contribution in [0.25, 0.3) is 0 Å². The van der Waals surface area contributed by atoms with Gasteiger partial charge in [0.2, 0.25) is 0 Å². The third kappa shape index (κ3) is 6.21. The Balaban J connectivity index is 1.57. The van der Waals surface area contributed by atoms with E-state index in [0.717, 1.165) is 25.9 Å². The number of esters is 2. The fourth-order valence-corrected chi connectivity index (χ4v) is 4.40. The number of likely N-dealkylation sites (tertiary alicyclic amines) is 1. The molecule has 1 aromatic carbocycles. The first-order valence-corrected chi connectivity index (χ1v) is 11.4. The van der Waals surface area contributed by atoms with E-state index >= 15 is 0 Å². The molecule has 2 aliphatic heterocycles. The van der Waals surface area contributed by atoms with Crippen LogP contribution >= 0.6 is 0 Å². The summed E-state index contributed by atoms with van der Waals surface area (Å²) in [5, 5.41) is 11.6. The number of nitro groups is 1. The molecule has 0 radical (unpaired) electrons. The third-order valence-electron chi connectivity index (χ3n) is 6.20. The molecule has 0 aromatic heterocycles. The van der Waals surface area contributed by atoms with Crippen molar-refractivity contribution in [1.82, 2.24) is 4.90 Å². The second-order valence-corrected chi connectivity index (χ2v) is 8.64. The first kappa shape index (κ1) is 24.5. The van der Waals surface area contributed by atoms with Crippen LogP contribution in [0.4, 0.5) is 11.4 Å². The van der Waals surface area contributed by atoms with Gasteiger partial charge in [-0.05, 0) is 50.7 Å². The fourth-order valence-electron chi connectivity index (χ4n) is 4.40. The van der Waals surface area contributed by atoms with Gasteiger partial charge in [-0.1, -0.05) is 6.92 Å². The highest BCUT2D eigenvalue weighted by Gasteiger charge is 2.29. The second-order valence-electron chi connectivity index (χ2n) is 8.64. The maximum Gasteiger partial charge on any atom is 0.338 e. The molecule has 1 amide bonds. The normalized spacial score (nSPS) is 19.2. The quantitative estimate of drug-likeness (QED) is 0.345. The Hall–Kier alpha value is -3.17. The Bertz CT molecular complexity index is 896. The molecular weight excluding hydrogens is 430 g/mol. The number of amides is 1. The topological polar surface area (TPSA) is 119 Å². The van der Waals surface area contributed by atoms with E-state index in [0.29, 0.717) is 44.1 Å². The lowest BCUT2D eigenvalue weighted by Crippen LogP contribution is -2.42. The van der Waals surface area contributed by atoms with E-state index in [1.54, 1.807) is 17.9 Å². The molecule has 2 aliphatic rings. The van der Waals surface area contributed by atoms with Gasteiger partial charge in [0.25, 0.3) is 11.6 Å². The molecule has 1 aromatic rings. The van der Waals surface area contributed by atoms with E-state index < -0.39 is 17.5 Å². The minimum absolute atomic E-state index is 0.0318. The smallest absolute Gasteiger partial charge is 0.338 e. The number of piperidine rings is 2. The van der Waals surface area contributed by atoms with Crippen LogP contribution in [-0.4, -0.2) is 67.1 Å². The zero-order valence-electron chi connectivity index (χ0n) is 19.2. The standard InChI is InChI=1S/C23H31N3O7/c1-3-32-22(28)17-8-11-24(12-9-17)21(27)15-33-23(29)18-6-7-19(20(13-18)26(30)31)25-10-4-5-16(2)14-25/h6-7,13,16-17H,3-5,8-12,14-15H2,1-2H3. The predicted molar refractivity (Wildman–Crippen MR) is 120 cm³/mol. The number of hydrogen-bond acceptors (Lipinski definition) is 8. The number of carbonyl (C=O) groups is 3. The summed E-state index contributed by atoms with van der Waals surface area (Å²) in [6.07, 6.45) is 3.05. The summed E-state index contributed by atoms with van der Waals surface area (Å²) in [6, 6.07) is 4.29. The lowest BCUT2D eigenvalue weighted by atomic mass is 9.97. The predicted octanol–water partition coefficient (Wildman–Crippen LogP) is 2.79. The van der Waals surface area contributed by atoms with Crippen molar-refractivity contribution in [1.29, 1.82) is 0 Å². The molecule has 1 atom stereocenters. The average Bonchev–Trinajstić information content (AvgIpc) is 2.82. The maximum absolute atomic E-state index is 12.5. The van der Waals surface area contributed by atoms with Gasteiger partial charge >= 0.3 is 11.9 Å². The van der Waals surface area contributed by atoms with Gasteiger partial charge in [0.1, 0.15) is 5.69 Å². The summed E-state index contributed by atoms with van der Waals surface area (Å²) in [4.78, 5) is 51.4.